The number of carbonyl (C=O) groups excluding carboxylic acids is 1. The van der Waals surface area contributed by atoms with Crippen molar-refractivity contribution >= 4 is 11.7 Å². The van der Waals surface area contributed by atoms with E-state index < -0.39 is 0 Å². The van der Waals surface area contributed by atoms with Gasteiger partial charge in [-0.3, -0.25) is 4.79 Å². The SMILES string of the molecule is CC(C)CCCOC(=O)CCOc1ccc(N)cc1. The van der Waals surface area contributed by atoms with Crippen LogP contribution in [0.5, 0.6) is 5.75 Å². The average molecular weight is 265 g/mol. The number of esters is 1. The molecule has 0 radical (unpaired) electrons. The predicted molar refractivity (Wildman–Crippen MR) is 76.0 cm³/mol. The van der Waals surface area contributed by atoms with E-state index in [4.69, 9.17) is 15.2 Å². The predicted octanol–water partition coefficient (Wildman–Crippen LogP) is 3.02. The molecular weight excluding hydrogens is 242 g/mol. The highest BCUT2D eigenvalue weighted by Crippen LogP contribution is 2.13. The lowest BCUT2D eigenvalue weighted by atomic mass is 10.1. The molecule has 4 nitrogen and oxygen atoms in total. The molecule has 1 aromatic rings. The fourth-order valence-electron chi connectivity index (χ4n) is 1.57. The first-order valence-corrected chi connectivity index (χ1v) is 6.72. The first-order valence-electron chi connectivity index (χ1n) is 6.72. The summed E-state index contributed by atoms with van der Waals surface area (Å²) >= 11 is 0. The van der Waals surface area contributed by atoms with Gasteiger partial charge in [0.05, 0.1) is 19.6 Å². The van der Waals surface area contributed by atoms with Gasteiger partial charge in [0.2, 0.25) is 0 Å². The summed E-state index contributed by atoms with van der Waals surface area (Å²) in [4.78, 5) is 11.4. The van der Waals surface area contributed by atoms with Crippen molar-refractivity contribution in [2.45, 2.75) is 33.1 Å². The van der Waals surface area contributed by atoms with Crippen molar-refractivity contribution in [2.75, 3.05) is 18.9 Å². The maximum Gasteiger partial charge on any atom is 0.309 e. The van der Waals surface area contributed by atoms with Crippen molar-refractivity contribution in [3.8, 4) is 5.75 Å². The molecule has 2 N–H and O–H groups in total. The molecule has 0 heterocycles. The molecule has 0 saturated heterocycles. The van der Waals surface area contributed by atoms with Crippen LogP contribution >= 0.6 is 0 Å². The third-order valence-electron chi connectivity index (χ3n) is 2.64. The maximum atomic E-state index is 11.4. The van der Waals surface area contributed by atoms with Crippen molar-refractivity contribution in [1.29, 1.82) is 0 Å². The summed E-state index contributed by atoms with van der Waals surface area (Å²) in [6.45, 7) is 5.14. The smallest absolute Gasteiger partial charge is 0.309 e. The third kappa shape index (κ3) is 7.34. The van der Waals surface area contributed by atoms with Crippen LogP contribution in [-0.4, -0.2) is 19.2 Å². The molecule has 0 aliphatic rings. The minimum atomic E-state index is -0.209. The fraction of sp³-hybridized carbons (Fsp3) is 0.533. The summed E-state index contributed by atoms with van der Waals surface area (Å²) in [6.07, 6.45) is 2.27. The van der Waals surface area contributed by atoms with Crippen LogP contribution in [0.3, 0.4) is 0 Å². The minimum Gasteiger partial charge on any atom is -0.493 e. The van der Waals surface area contributed by atoms with E-state index in [1.807, 2.05) is 0 Å². The van der Waals surface area contributed by atoms with Crippen LogP contribution in [0.15, 0.2) is 24.3 Å². The molecule has 0 unspecified atom stereocenters. The molecule has 0 atom stereocenters. The van der Waals surface area contributed by atoms with Crippen molar-refractivity contribution < 1.29 is 14.3 Å². The van der Waals surface area contributed by atoms with Gasteiger partial charge in [-0.15, -0.1) is 0 Å². The van der Waals surface area contributed by atoms with Gasteiger partial charge in [-0.05, 0) is 43.0 Å². The summed E-state index contributed by atoms with van der Waals surface area (Å²) in [6, 6.07) is 7.09. The molecule has 0 fully saturated rings. The van der Waals surface area contributed by atoms with Crippen molar-refractivity contribution in [2.24, 2.45) is 5.92 Å². The Morgan fingerprint density at radius 2 is 1.89 bits per heavy atom. The van der Waals surface area contributed by atoms with E-state index in [1.165, 1.54) is 0 Å². The molecule has 0 bridgehead atoms. The Morgan fingerprint density at radius 3 is 2.53 bits per heavy atom. The van der Waals surface area contributed by atoms with Gasteiger partial charge in [-0.1, -0.05) is 13.8 Å². The number of anilines is 1. The standard InChI is InChI=1S/C15H23NO3/c1-12(2)4-3-10-19-15(17)9-11-18-14-7-5-13(16)6-8-14/h5-8,12H,3-4,9-11,16H2,1-2H3. The first kappa shape index (κ1) is 15.3. The molecule has 1 rings (SSSR count). The van der Waals surface area contributed by atoms with Crippen molar-refractivity contribution in [1.82, 2.24) is 0 Å². The molecule has 4 heteroatoms. The van der Waals surface area contributed by atoms with Gasteiger partial charge in [-0.2, -0.15) is 0 Å². The van der Waals surface area contributed by atoms with E-state index in [0.717, 1.165) is 12.8 Å². The molecule has 0 amide bonds. The largest absolute Gasteiger partial charge is 0.493 e. The number of ether oxygens (including phenoxy) is 2. The van der Waals surface area contributed by atoms with E-state index >= 15 is 0 Å². The highest BCUT2D eigenvalue weighted by molar-refractivity contribution is 5.69. The second kappa shape index (κ2) is 8.40. The zero-order valence-electron chi connectivity index (χ0n) is 11.7. The lowest BCUT2D eigenvalue weighted by Crippen LogP contribution is -2.11. The zero-order chi connectivity index (χ0) is 14.1. The third-order valence-corrected chi connectivity index (χ3v) is 2.64. The van der Waals surface area contributed by atoms with Crippen LogP contribution in [0.1, 0.15) is 33.1 Å². The van der Waals surface area contributed by atoms with Crippen LogP contribution in [0.2, 0.25) is 0 Å². The molecule has 0 aliphatic carbocycles. The number of hydrogen-bond acceptors (Lipinski definition) is 4. The summed E-state index contributed by atoms with van der Waals surface area (Å²) in [5, 5.41) is 0. The van der Waals surface area contributed by atoms with Crippen LogP contribution in [-0.2, 0) is 9.53 Å². The molecular formula is C15H23NO3. The van der Waals surface area contributed by atoms with Crippen molar-refractivity contribution in [3.63, 3.8) is 0 Å². The second-order valence-electron chi connectivity index (χ2n) is 4.92. The van der Waals surface area contributed by atoms with Gasteiger partial charge < -0.3 is 15.2 Å². The quantitative estimate of drug-likeness (QED) is 0.446. The van der Waals surface area contributed by atoms with E-state index in [2.05, 4.69) is 13.8 Å². The number of hydrogen-bond donors (Lipinski definition) is 1. The number of nitrogens with two attached hydrogens (primary N) is 1. The molecule has 0 saturated carbocycles. The maximum absolute atomic E-state index is 11.4. The lowest BCUT2D eigenvalue weighted by molar-refractivity contribution is -0.144. The Kier molecular flexibility index (Phi) is 6.79. The Balaban J connectivity index is 2.08. The van der Waals surface area contributed by atoms with Gasteiger partial charge in [-0.25, -0.2) is 0 Å². The number of nitrogen functional groups attached to an aromatic ring is 1. The monoisotopic (exact) mass is 265 g/mol. The van der Waals surface area contributed by atoms with E-state index in [9.17, 15) is 4.79 Å². The summed E-state index contributed by atoms with van der Waals surface area (Å²) in [5.74, 6) is 1.15. The molecule has 19 heavy (non-hydrogen) atoms. The summed E-state index contributed by atoms with van der Waals surface area (Å²) < 4.78 is 10.5. The molecule has 0 aromatic heterocycles. The van der Waals surface area contributed by atoms with E-state index in [1.54, 1.807) is 24.3 Å². The molecule has 1 aromatic carbocycles. The topological polar surface area (TPSA) is 61.5 Å². The van der Waals surface area contributed by atoms with Crippen LogP contribution in [0, 0.1) is 5.92 Å². The normalized spacial score (nSPS) is 10.5. The zero-order valence-corrected chi connectivity index (χ0v) is 11.7. The molecule has 106 valence electrons. The molecule has 0 aliphatic heterocycles. The average Bonchev–Trinajstić information content (AvgIpc) is 2.37. The van der Waals surface area contributed by atoms with Crippen LogP contribution in [0.4, 0.5) is 5.69 Å². The van der Waals surface area contributed by atoms with Gasteiger partial charge in [0, 0.05) is 5.69 Å². The van der Waals surface area contributed by atoms with Gasteiger partial charge in [0.1, 0.15) is 5.75 Å². The Morgan fingerprint density at radius 1 is 1.21 bits per heavy atom. The van der Waals surface area contributed by atoms with Gasteiger partial charge in [0.15, 0.2) is 0 Å². The van der Waals surface area contributed by atoms with Crippen LogP contribution < -0.4 is 10.5 Å². The summed E-state index contributed by atoms with van der Waals surface area (Å²) in [5.41, 5.74) is 6.25. The number of carbonyl (C=O) groups is 1. The van der Waals surface area contributed by atoms with E-state index in [0.29, 0.717) is 30.6 Å². The Hall–Kier alpha value is -1.71. The minimum absolute atomic E-state index is 0.209. The van der Waals surface area contributed by atoms with E-state index in [-0.39, 0.29) is 12.4 Å². The highest BCUT2D eigenvalue weighted by Gasteiger charge is 2.04. The molecule has 0 spiro atoms. The highest BCUT2D eigenvalue weighted by atomic mass is 16.5. The summed E-state index contributed by atoms with van der Waals surface area (Å²) in [7, 11) is 0. The lowest BCUT2D eigenvalue weighted by Gasteiger charge is -2.08. The first-order chi connectivity index (χ1) is 9.08. The second-order valence-corrected chi connectivity index (χ2v) is 4.92. The van der Waals surface area contributed by atoms with Gasteiger partial charge in [0.25, 0.3) is 0 Å². The number of benzene rings is 1. The fourth-order valence-corrected chi connectivity index (χ4v) is 1.57. The Labute approximate surface area is 114 Å². The van der Waals surface area contributed by atoms with Crippen molar-refractivity contribution in [3.05, 3.63) is 24.3 Å². The van der Waals surface area contributed by atoms with Gasteiger partial charge >= 0.3 is 5.97 Å². The van der Waals surface area contributed by atoms with Crippen LogP contribution in [0.25, 0.3) is 0 Å². The number of rotatable bonds is 8. The Bertz CT molecular complexity index is 373.